The molecule has 1 aromatic heterocycles. The third-order valence-corrected chi connectivity index (χ3v) is 5.43. The summed E-state index contributed by atoms with van der Waals surface area (Å²) in [6.45, 7) is 4.91. The molecule has 1 fully saturated rings. The smallest absolute Gasteiger partial charge is 0.211 e. The van der Waals surface area contributed by atoms with E-state index in [4.69, 9.17) is 18.1 Å². The Balaban J connectivity index is 1.89. The Morgan fingerprint density at radius 1 is 1.41 bits per heavy atom. The van der Waals surface area contributed by atoms with Crippen molar-refractivity contribution in [2.45, 2.75) is 45.3 Å². The summed E-state index contributed by atoms with van der Waals surface area (Å²) in [4.78, 5) is 4.02. The van der Waals surface area contributed by atoms with Gasteiger partial charge in [0.2, 0.25) is 1.43 Å². The number of aromatic nitrogens is 3. The van der Waals surface area contributed by atoms with E-state index in [1.54, 1.807) is 11.0 Å². The molecule has 22 heavy (non-hydrogen) atoms. The van der Waals surface area contributed by atoms with Crippen LogP contribution in [0.1, 0.15) is 32.3 Å². The summed E-state index contributed by atoms with van der Waals surface area (Å²) in [5, 5.41) is 10.4. The van der Waals surface area contributed by atoms with Gasteiger partial charge >= 0.3 is 0 Å². The summed E-state index contributed by atoms with van der Waals surface area (Å²) in [5.74, 6) is 0.250. The lowest BCUT2D eigenvalue weighted by atomic mass is 9.72. The molecule has 1 heterocycles. The topological polar surface area (TPSA) is 50.9 Å². The molecule has 1 aromatic carbocycles. The summed E-state index contributed by atoms with van der Waals surface area (Å²) >= 11 is 5.98. The molecule has 118 valence electrons. The van der Waals surface area contributed by atoms with Crippen LogP contribution in [0.5, 0.6) is 0 Å². The molecule has 1 aliphatic carbocycles. The van der Waals surface area contributed by atoms with Gasteiger partial charge in [0.05, 0.1) is 12.1 Å². The Morgan fingerprint density at radius 3 is 2.82 bits per heavy atom. The highest BCUT2D eigenvalue weighted by Crippen LogP contribution is 2.51. The molecule has 0 saturated heterocycles. The van der Waals surface area contributed by atoms with Crippen LogP contribution in [0.2, 0.25) is 5.02 Å². The highest BCUT2D eigenvalue weighted by molar-refractivity contribution is 6.30. The maximum absolute atomic E-state index is 7.85. The Kier molecular flexibility index (Phi) is 3.66. The number of rotatable bonds is 5. The van der Waals surface area contributed by atoms with Gasteiger partial charge in [-0.25, -0.2) is 4.98 Å². The molecule has 4 nitrogen and oxygen atoms in total. The third kappa shape index (κ3) is 2.77. The Labute approximate surface area is 137 Å². The molecule has 1 aliphatic rings. The van der Waals surface area contributed by atoms with E-state index < -0.39 is 5.60 Å². The second kappa shape index (κ2) is 5.67. The monoisotopic (exact) mass is 320 g/mol. The minimum atomic E-state index is -0.583. The van der Waals surface area contributed by atoms with Crippen LogP contribution in [-0.2, 0) is 13.0 Å². The zero-order valence-electron chi connectivity index (χ0n) is 14.0. The predicted octanol–water partition coefficient (Wildman–Crippen LogP) is 3.34. The van der Waals surface area contributed by atoms with Crippen molar-refractivity contribution in [2.24, 2.45) is 11.3 Å². The normalized spacial score (nSPS) is 27.8. The van der Waals surface area contributed by atoms with E-state index in [0.717, 1.165) is 24.3 Å². The summed E-state index contributed by atoms with van der Waals surface area (Å²) in [6, 6.07) is 7.94. The molecule has 0 spiro atoms. The first kappa shape index (κ1) is 14.2. The largest absolute Gasteiger partial charge is 0.387 e. The van der Waals surface area contributed by atoms with Gasteiger partial charge < -0.3 is 5.11 Å². The summed E-state index contributed by atoms with van der Waals surface area (Å²) in [6.07, 6.45) is 6.14. The standard InChI is InChI=1S/C17H22ClN3O/c1-16(2)8-7-14(9-13-3-5-15(18)6-4-13)17(16,22)10-21-12-19-11-20-21/h3-6,11-12,14,22H,7-10H2,1-2H3/i22D. The van der Waals surface area contributed by atoms with Crippen LogP contribution in [0.25, 0.3) is 0 Å². The summed E-state index contributed by atoms with van der Waals surface area (Å²) in [7, 11) is 0. The van der Waals surface area contributed by atoms with E-state index in [1.807, 2.05) is 12.1 Å². The second-order valence-corrected chi connectivity index (χ2v) is 7.37. The van der Waals surface area contributed by atoms with Gasteiger partial charge in [0, 0.05) is 5.02 Å². The van der Waals surface area contributed by atoms with Crippen LogP contribution in [-0.4, -0.2) is 26.9 Å². The molecule has 2 aromatic rings. The van der Waals surface area contributed by atoms with E-state index in [-0.39, 0.29) is 11.3 Å². The Bertz CT molecular complexity index is 644. The van der Waals surface area contributed by atoms with E-state index in [9.17, 15) is 0 Å². The van der Waals surface area contributed by atoms with Crippen molar-refractivity contribution in [1.82, 2.24) is 14.8 Å². The van der Waals surface area contributed by atoms with Crippen LogP contribution in [0.3, 0.4) is 0 Å². The maximum Gasteiger partial charge on any atom is 0.211 e. The highest BCUT2D eigenvalue weighted by atomic mass is 35.5. The minimum absolute atomic E-state index is 0.0994. The van der Waals surface area contributed by atoms with Crippen molar-refractivity contribution >= 4 is 11.6 Å². The molecule has 1 saturated carbocycles. The second-order valence-electron chi connectivity index (χ2n) is 6.93. The third-order valence-electron chi connectivity index (χ3n) is 5.18. The minimum Gasteiger partial charge on any atom is -0.387 e. The van der Waals surface area contributed by atoms with Crippen molar-refractivity contribution in [3.63, 3.8) is 0 Å². The van der Waals surface area contributed by atoms with Gasteiger partial charge in [-0.05, 0) is 48.3 Å². The number of hydrogen-bond acceptors (Lipinski definition) is 3. The van der Waals surface area contributed by atoms with Crippen LogP contribution in [0.4, 0.5) is 0 Å². The number of nitrogens with zero attached hydrogens (tertiary/aromatic N) is 3. The summed E-state index contributed by atoms with van der Waals surface area (Å²) in [5.41, 5.74) is 0.537. The molecular weight excluding hydrogens is 298 g/mol. The van der Waals surface area contributed by atoms with E-state index >= 15 is 0 Å². The average molecular weight is 321 g/mol. The van der Waals surface area contributed by atoms with Gasteiger partial charge in [-0.1, -0.05) is 37.6 Å². The zero-order valence-corrected chi connectivity index (χ0v) is 13.8. The lowest BCUT2D eigenvalue weighted by molar-refractivity contribution is -0.0907. The van der Waals surface area contributed by atoms with E-state index in [0.29, 0.717) is 6.54 Å². The average Bonchev–Trinajstić information content (AvgIpc) is 3.11. The Hall–Kier alpha value is -1.39. The molecule has 1 N–H and O–H groups in total. The SMILES string of the molecule is [2H]OC1(Cn2cncn2)C(Cc2ccc(Cl)cc2)CCC1(C)C. The molecule has 0 bridgehead atoms. The van der Waals surface area contributed by atoms with Crippen LogP contribution in [0, 0.1) is 11.3 Å². The lowest BCUT2D eigenvalue weighted by Crippen LogP contribution is -2.49. The lowest BCUT2D eigenvalue weighted by Gasteiger charge is -2.40. The first-order chi connectivity index (χ1) is 11.0. The number of benzene rings is 1. The van der Waals surface area contributed by atoms with Gasteiger partial charge in [-0.15, -0.1) is 0 Å². The fraction of sp³-hybridized carbons (Fsp3) is 0.529. The van der Waals surface area contributed by atoms with Gasteiger partial charge in [-0.3, -0.25) is 4.68 Å². The molecule has 2 atom stereocenters. The number of aliphatic hydroxyl groups is 1. The van der Waals surface area contributed by atoms with Gasteiger partial charge in [0.25, 0.3) is 0 Å². The van der Waals surface area contributed by atoms with Crippen LogP contribution >= 0.6 is 11.6 Å². The van der Waals surface area contributed by atoms with Crippen molar-refractivity contribution in [1.29, 1.82) is 1.43 Å². The molecule has 0 amide bonds. The predicted molar refractivity (Wildman–Crippen MR) is 86.6 cm³/mol. The van der Waals surface area contributed by atoms with Crippen molar-refractivity contribution in [3.8, 4) is 0 Å². The fourth-order valence-electron chi connectivity index (χ4n) is 3.60. The van der Waals surface area contributed by atoms with E-state index in [1.165, 1.54) is 11.9 Å². The molecule has 3 rings (SSSR count). The van der Waals surface area contributed by atoms with Crippen molar-refractivity contribution in [3.05, 3.63) is 47.5 Å². The molecular formula is C17H22ClN3O. The first-order valence-corrected chi connectivity index (χ1v) is 8.06. The van der Waals surface area contributed by atoms with Crippen LogP contribution < -0.4 is 0 Å². The van der Waals surface area contributed by atoms with Gasteiger partial charge in [0.1, 0.15) is 12.7 Å². The van der Waals surface area contributed by atoms with Crippen molar-refractivity contribution < 1.29 is 5.11 Å². The fourth-order valence-corrected chi connectivity index (χ4v) is 3.73. The van der Waals surface area contributed by atoms with Gasteiger partial charge in [-0.2, -0.15) is 5.10 Å². The number of halogens is 1. The van der Waals surface area contributed by atoms with Crippen LogP contribution in [0.15, 0.2) is 36.9 Å². The Morgan fingerprint density at radius 2 is 2.18 bits per heavy atom. The van der Waals surface area contributed by atoms with E-state index in [2.05, 4.69) is 36.1 Å². The zero-order chi connectivity index (χ0) is 16.5. The molecule has 0 radical (unpaired) electrons. The molecule has 2 unspecified atom stereocenters. The highest BCUT2D eigenvalue weighted by Gasteiger charge is 2.54. The number of hydrogen-bond donors (Lipinski definition) is 1. The summed E-state index contributed by atoms with van der Waals surface area (Å²) < 4.78 is 9.63. The first-order valence-electron chi connectivity index (χ1n) is 8.09. The molecule has 5 heteroatoms. The quantitative estimate of drug-likeness (QED) is 0.919. The van der Waals surface area contributed by atoms with Gasteiger partial charge in [0.15, 0.2) is 0 Å². The molecule has 0 aliphatic heterocycles. The van der Waals surface area contributed by atoms with Crippen molar-refractivity contribution in [2.75, 3.05) is 0 Å². The maximum atomic E-state index is 7.85.